The van der Waals surface area contributed by atoms with Crippen LogP contribution in [0.4, 0.5) is 5.13 Å². The second kappa shape index (κ2) is 8.13. The lowest BCUT2D eigenvalue weighted by Crippen LogP contribution is -2.29. The van der Waals surface area contributed by atoms with Crippen molar-refractivity contribution in [1.29, 1.82) is 0 Å². The van der Waals surface area contributed by atoms with E-state index in [0.29, 0.717) is 11.2 Å². The van der Waals surface area contributed by atoms with Crippen molar-refractivity contribution < 1.29 is 4.79 Å². The maximum atomic E-state index is 12.9. The van der Waals surface area contributed by atoms with E-state index in [4.69, 9.17) is 4.98 Å². The number of carbonyl (C=O) groups is 1. The van der Waals surface area contributed by atoms with Gasteiger partial charge in [0.15, 0.2) is 5.13 Å². The van der Waals surface area contributed by atoms with Gasteiger partial charge in [0, 0.05) is 48.4 Å². The third kappa shape index (κ3) is 4.14. The van der Waals surface area contributed by atoms with Gasteiger partial charge < -0.3 is 4.57 Å². The number of benzene rings is 1. The van der Waals surface area contributed by atoms with Gasteiger partial charge in [-0.15, -0.1) is 11.3 Å². The summed E-state index contributed by atoms with van der Waals surface area (Å²) in [5.41, 5.74) is 5.30. The quantitative estimate of drug-likeness (QED) is 0.650. The van der Waals surface area contributed by atoms with E-state index in [1.807, 2.05) is 19.9 Å². The second-order valence-electron chi connectivity index (χ2n) is 8.04. The molecule has 0 unspecified atom stereocenters. The maximum absolute atomic E-state index is 12.9. The molecule has 0 bridgehead atoms. The fourth-order valence-corrected chi connectivity index (χ4v) is 5.29. The molecule has 1 amide bonds. The third-order valence-electron chi connectivity index (χ3n) is 5.53. The Kier molecular flexibility index (Phi) is 5.56. The highest BCUT2D eigenvalue weighted by molar-refractivity contribution is 7.15. The molecule has 3 aromatic rings. The zero-order chi connectivity index (χ0) is 20.5. The van der Waals surface area contributed by atoms with E-state index in [1.54, 1.807) is 11.3 Å². The minimum Gasteiger partial charge on any atom is -0.346 e. The third-order valence-corrected chi connectivity index (χ3v) is 6.52. The fourth-order valence-electron chi connectivity index (χ4n) is 4.24. The normalized spacial score (nSPS) is 14.2. The number of aromatic nitrogens is 2. The first-order valence-electron chi connectivity index (χ1n) is 10.2. The monoisotopic (exact) mass is 408 g/mol. The summed E-state index contributed by atoms with van der Waals surface area (Å²) in [5.74, 6) is -0.0720. The number of hydrogen-bond donors (Lipinski definition) is 1. The molecule has 152 valence electrons. The van der Waals surface area contributed by atoms with Crippen LogP contribution < -0.4 is 5.32 Å². The van der Waals surface area contributed by atoms with Crippen molar-refractivity contribution in [3.05, 3.63) is 69.5 Å². The van der Waals surface area contributed by atoms with Crippen LogP contribution in [0, 0.1) is 13.8 Å². The number of thiazole rings is 1. The van der Waals surface area contributed by atoms with Gasteiger partial charge in [0.2, 0.25) is 0 Å². The van der Waals surface area contributed by atoms with Crippen LogP contribution in [0.3, 0.4) is 0 Å². The largest absolute Gasteiger partial charge is 0.346 e. The van der Waals surface area contributed by atoms with Crippen LogP contribution in [0.2, 0.25) is 0 Å². The molecule has 29 heavy (non-hydrogen) atoms. The van der Waals surface area contributed by atoms with E-state index >= 15 is 0 Å². The predicted octanol–water partition coefficient (Wildman–Crippen LogP) is 4.95. The smallest absolute Gasteiger partial charge is 0.259 e. The minimum absolute atomic E-state index is 0.0720. The summed E-state index contributed by atoms with van der Waals surface area (Å²) in [5, 5.41) is 3.74. The summed E-state index contributed by atoms with van der Waals surface area (Å²) in [7, 11) is 0. The number of amides is 1. The molecule has 1 aliphatic heterocycles. The molecule has 0 saturated carbocycles. The van der Waals surface area contributed by atoms with Gasteiger partial charge in [-0.25, -0.2) is 4.98 Å². The minimum atomic E-state index is -0.0720. The van der Waals surface area contributed by atoms with Crippen LogP contribution in [0.25, 0.3) is 0 Å². The predicted molar refractivity (Wildman–Crippen MR) is 119 cm³/mol. The summed E-state index contributed by atoms with van der Waals surface area (Å²) in [4.78, 5) is 21.3. The summed E-state index contributed by atoms with van der Waals surface area (Å²) >= 11 is 1.60. The van der Waals surface area contributed by atoms with Crippen molar-refractivity contribution in [3.8, 4) is 0 Å². The van der Waals surface area contributed by atoms with Gasteiger partial charge in [0.1, 0.15) is 0 Å². The molecule has 3 heterocycles. The van der Waals surface area contributed by atoms with Crippen LogP contribution >= 0.6 is 11.3 Å². The molecule has 6 heteroatoms. The molecule has 1 aliphatic rings. The average Bonchev–Trinajstić information content (AvgIpc) is 3.21. The molecule has 1 N–H and O–H groups in total. The number of anilines is 1. The molecular weight excluding hydrogens is 380 g/mol. The highest BCUT2D eigenvalue weighted by Gasteiger charge is 2.23. The number of fused-ring (bicyclic) bond motifs is 1. The molecule has 0 radical (unpaired) electrons. The zero-order valence-electron chi connectivity index (χ0n) is 17.5. The lowest BCUT2D eigenvalue weighted by atomic mass is 10.1. The number of rotatable bonds is 5. The van der Waals surface area contributed by atoms with Crippen molar-refractivity contribution >= 4 is 22.4 Å². The Hall–Kier alpha value is -2.44. The van der Waals surface area contributed by atoms with Crippen LogP contribution in [-0.4, -0.2) is 26.9 Å². The van der Waals surface area contributed by atoms with Crippen molar-refractivity contribution in [2.45, 2.75) is 53.2 Å². The Morgan fingerprint density at radius 3 is 2.69 bits per heavy atom. The van der Waals surface area contributed by atoms with E-state index < -0.39 is 0 Å². The highest BCUT2D eigenvalue weighted by Crippen LogP contribution is 2.30. The van der Waals surface area contributed by atoms with Gasteiger partial charge in [0.25, 0.3) is 5.91 Å². The van der Waals surface area contributed by atoms with Gasteiger partial charge >= 0.3 is 0 Å². The van der Waals surface area contributed by atoms with E-state index in [2.05, 4.69) is 59.0 Å². The summed E-state index contributed by atoms with van der Waals surface area (Å²) in [6, 6.07) is 12.9. The molecule has 2 aromatic heterocycles. The van der Waals surface area contributed by atoms with Crippen molar-refractivity contribution in [2.24, 2.45) is 0 Å². The highest BCUT2D eigenvalue weighted by atomic mass is 32.1. The lowest BCUT2D eigenvalue weighted by Gasteiger charge is -2.25. The van der Waals surface area contributed by atoms with E-state index in [-0.39, 0.29) is 5.91 Å². The number of hydrogen-bond acceptors (Lipinski definition) is 4. The molecular formula is C23H28N4OS. The summed E-state index contributed by atoms with van der Waals surface area (Å²) < 4.78 is 2.20. The molecule has 5 nitrogen and oxygen atoms in total. The van der Waals surface area contributed by atoms with Crippen LogP contribution in [0.15, 0.2) is 36.4 Å². The van der Waals surface area contributed by atoms with Crippen molar-refractivity contribution in [2.75, 3.05) is 11.9 Å². The molecule has 4 rings (SSSR count). The first-order chi connectivity index (χ1) is 13.9. The molecule has 0 fully saturated rings. The van der Waals surface area contributed by atoms with E-state index in [1.165, 1.54) is 10.4 Å². The molecule has 0 saturated heterocycles. The van der Waals surface area contributed by atoms with Crippen LogP contribution in [0.1, 0.15) is 57.8 Å². The number of carbonyl (C=O) groups excluding carboxylic acids is 1. The van der Waals surface area contributed by atoms with Crippen molar-refractivity contribution in [1.82, 2.24) is 14.5 Å². The Labute approximate surface area is 176 Å². The number of nitrogens with one attached hydrogen (secondary N) is 1. The van der Waals surface area contributed by atoms with Crippen molar-refractivity contribution in [3.63, 3.8) is 0 Å². The number of nitrogens with zero attached hydrogens (tertiary/aromatic N) is 3. The van der Waals surface area contributed by atoms with Gasteiger partial charge in [-0.05, 0) is 39.3 Å². The lowest BCUT2D eigenvalue weighted by molar-refractivity contribution is 0.102. The van der Waals surface area contributed by atoms with Gasteiger partial charge in [-0.3, -0.25) is 15.0 Å². The maximum Gasteiger partial charge on any atom is 0.259 e. The molecule has 0 aliphatic carbocycles. The molecule has 1 aromatic carbocycles. The summed E-state index contributed by atoms with van der Waals surface area (Å²) in [6.45, 7) is 11.2. The fraction of sp³-hybridized carbons (Fsp3) is 0.391. The van der Waals surface area contributed by atoms with Crippen LogP contribution in [0.5, 0.6) is 0 Å². The number of aryl methyl sites for hydroxylation is 1. The first kappa shape index (κ1) is 19.9. The topological polar surface area (TPSA) is 50.2 Å². The Morgan fingerprint density at radius 1 is 1.24 bits per heavy atom. The van der Waals surface area contributed by atoms with Gasteiger partial charge in [-0.1, -0.05) is 30.3 Å². The average molecular weight is 409 g/mol. The summed E-state index contributed by atoms with van der Waals surface area (Å²) in [6.07, 6.45) is 0.927. The van der Waals surface area contributed by atoms with Crippen LogP contribution in [-0.2, 0) is 19.5 Å². The standard InChI is InChI=1S/C23H28N4OS/c1-15(2)27-16(3)12-19(17(27)4)22(28)25-23-24-20-10-11-26(14-21(20)29-23)13-18-8-6-5-7-9-18/h5-9,12,15H,10-11,13-14H2,1-4H3,(H,24,25,28). The SMILES string of the molecule is Cc1cc(C(=O)Nc2nc3c(s2)CN(Cc2ccccc2)CC3)c(C)n1C(C)C. The Morgan fingerprint density at radius 2 is 2.00 bits per heavy atom. The molecule has 0 spiro atoms. The Balaban J connectivity index is 1.46. The van der Waals surface area contributed by atoms with Gasteiger partial charge in [-0.2, -0.15) is 0 Å². The molecule has 0 atom stereocenters. The second-order valence-corrected chi connectivity index (χ2v) is 9.12. The Bertz CT molecular complexity index is 1020. The van der Waals surface area contributed by atoms with Gasteiger partial charge in [0.05, 0.1) is 11.3 Å². The van der Waals surface area contributed by atoms with E-state index in [9.17, 15) is 4.79 Å². The first-order valence-corrected chi connectivity index (χ1v) is 11.0. The zero-order valence-corrected chi connectivity index (χ0v) is 18.3. The van der Waals surface area contributed by atoms with E-state index in [0.717, 1.165) is 48.7 Å².